The first-order valence-electron chi connectivity index (χ1n) is 9.20. The molecule has 0 atom stereocenters. The van der Waals surface area contributed by atoms with Crippen LogP contribution < -0.4 is 16.3 Å². The van der Waals surface area contributed by atoms with Crippen molar-refractivity contribution in [3.8, 4) is 0 Å². The van der Waals surface area contributed by atoms with Crippen molar-refractivity contribution in [1.82, 2.24) is 25.0 Å². The Balaban J connectivity index is 0.00000338. The highest BCUT2D eigenvalue weighted by molar-refractivity contribution is 14.0. The predicted octanol–water partition coefficient (Wildman–Crippen LogP) is 1.37. The molecule has 1 aromatic heterocycles. The van der Waals surface area contributed by atoms with E-state index in [1.165, 1.54) is 0 Å². The number of rotatable bonds is 8. The summed E-state index contributed by atoms with van der Waals surface area (Å²) in [6.07, 6.45) is 3.92. The summed E-state index contributed by atoms with van der Waals surface area (Å²) >= 11 is 0. The van der Waals surface area contributed by atoms with Gasteiger partial charge in [-0.25, -0.2) is 9.48 Å². The average Bonchev–Trinajstić information content (AvgIpc) is 2.93. The highest BCUT2D eigenvalue weighted by Gasteiger charge is 2.17. The summed E-state index contributed by atoms with van der Waals surface area (Å²) in [5.74, 6) is 1.70. The maximum Gasteiger partial charge on any atom is 0.345 e. The zero-order valence-electron chi connectivity index (χ0n) is 16.4. The lowest BCUT2D eigenvalue weighted by molar-refractivity contribution is 0.0310. The number of aryl methyl sites for hydroxylation is 2. The van der Waals surface area contributed by atoms with Gasteiger partial charge in [0.15, 0.2) is 5.96 Å². The number of hydrogen-bond acceptors (Lipinski definition) is 4. The summed E-state index contributed by atoms with van der Waals surface area (Å²) in [7, 11) is 1.69. The van der Waals surface area contributed by atoms with Gasteiger partial charge in [0, 0.05) is 39.7 Å². The fourth-order valence-corrected chi connectivity index (χ4v) is 2.71. The molecular weight excluding hydrogens is 447 g/mol. The van der Waals surface area contributed by atoms with Crippen LogP contribution in [0.15, 0.2) is 9.79 Å². The molecule has 0 saturated heterocycles. The molecule has 0 bridgehead atoms. The molecule has 1 aromatic rings. The molecule has 0 aliphatic carbocycles. The third kappa shape index (κ3) is 6.57. The molecule has 1 aliphatic heterocycles. The van der Waals surface area contributed by atoms with Gasteiger partial charge in [0.2, 0.25) is 0 Å². The molecule has 1 aliphatic rings. The largest absolute Gasteiger partial charge is 0.377 e. The van der Waals surface area contributed by atoms with Crippen LogP contribution in [0.4, 0.5) is 0 Å². The van der Waals surface area contributed by atoms with Crippen LogP contribution in [0, 0.1) is 0 Å². The predicted molar refractivity (Wildman–Crippen MR) is 115 cm³/mol. The topological polar surface area (TPSA) is 85.5 Å². The molecule has 0 amide bonds. The fraction of sp³-hybridized carbons (Fsp3) is 0.824. The van der Waals surface area contributed by atoms with Crippen molar-refractivity contribution < 1.29 is 4.74 Å². The number of aliphatic imine (C=N–C) groups is 1. The van der Waals surface area contributed by atoms with E-state index in [0.29, 0.717) is 13.1 Å². The first kappa shape index (κ1) is 22.9. The number of hydrogen-bond donors (Lipinski definition) is 2. The number of methoxy groups -OCH3 is 1. The van der Waals surface area contributed by atoms with E-state index in [-0.39, 0.29) is 35.3 Å². The highest BCUT2D eigenvalue weighted by Crippen LogP contribution is 2.09. The minimum Gasteiger partial charge on any atom is -0.377 e. The Morgan fingerprint density at radius 3 is 2.77 bits per heavy atom. The zero-order chi connectivity index (χ0) is 18.3. The minimum absolute atomic E-state index is 0. The summed E-state index contributed by atoms with van der Waals surface area (Å²) in [5.41, 5.74) is -0.261. The van der Waals surface area contributed by atoms with Crippen LogP contribution in [0.1, 0.15) is 45.9 Å². The molecule has 9 heteroatoms. The lowest BCUT2D eigenvalue weighted by atomic mass is 10.1. The Morgan fingerprint density at radius 2 is 2.12 bits per heavy atom. The molecule has 0 aromatic carbocycles. The van der Waals surface area contributed by atoms with Gasteiger partial charge in [0.25, 0.3) is 0 Å². The molecule has 2 rings (SSSR count). The van der Waals surface area contributed by atoms with Crippen molar-refractivity contribution in [2.45, 2.75) is 65.1 Å². The molecule has 2 N–H and O–H groups in total. The van der Waals surface area contributed by atoms with E-state index in [1.807, 2.05) is 25.3 Å². The Bertz CT molecular complexity index is 638. The molecule has 0 unspecified atom stereocenters. The second-order valence-corrected chi connectivity index (χ2v) is 6.97. The first-order valence-corrected chi connectivity index (χ1v) is 9.20. The van der Waals surface area contributed by atoms with Gasteiger partial charge >= 0.3 is 5.69 Å². The third-order valence-corrected chi connectivity index (χ3v) is 4.39. The first-order chi connectivity index (χ1) is 12.0. The number of nitrogens with one attached hydrogen (secondary N) is 2. The van der Waals surface area contributed by atoms with Gasteiger partial charge in [0.05, 0.1) is 12.1 Å². The zero-order valence-corrected chi connectivity index (χ0v) is 18.7. The maximum atomic E-state index is 12.3. The third-order valence-electron chi connectivity index (χ3n) is 4.39. The fourth-order valence-electron chi connectivity index (χ4n) is 2.71. The van der Waals surface area contributed by atoms with E-state index in [2.05, 4.69) is 20.7 Å². The molecule has 8 nitrogen and oxygen atoms in total. The second kappa shape index (κ2) is 10.9. The van der Waals surface area contributed by atoms with Gasteiger partial charge in [-0.2, -0.15) is 5.10 Å². The summed E-state index contributed by atoms with van der Waals surface area (Å²) in [4.78, 5) is 16.8. The normalized spacial score (nSPS) is 14.5. The smallest absolute Gasteiger partial charge is 0.345 e. The van der Waals surface area contributed by atoms with Crippen LogP contribution in [-0.2, 0) is 24.2 Å². The number of fused-ring (bicyclic) bond motifs is 1. The van der Waals surface area contributed by atoms with Crippen molar-refractivity contribution in [3.63, 3.8) is 0 Å². The lowest BCUT2D eigenvalue weighted by Crippen LogP contribution is -2.40. The summed E-state index contributed by atoms with van der Waals surface area (Å²) in [6.45, 7) is 9.58. The molecule has 0 radical (unpaired) electrons. The molecule has 0 saturated carbocycles. The maximum absolute atomic E-state index is 12.3. The Hall–Kier alpha value is -1.10. The van der Waals surface area contributed by atoms with Crippen molar-refractivity contribution in [1.29, 1.82) is 0 Å². The van der Waals surface area contributed by atoms with E-state index < -0.39 is 0 Å². The van der Waals surface area contributed by atoms with E-state index in [1.54, 1.807) is 11.8 Å². The van der Waals surface area contributed by atoms with Crippen LogP contribution >= 0.6 is 24.0 Å². The molecule has 150 valence electrons. The quantitative estimate of drug-likeness (QED) is 0.254. The summed E-state index contributed by atoms with van der Waals surface area (Å²) < 4.78 is 8.80. The van der Waals surface area contributed by atoms with Crippen LogP contribution in [0.2, 0.25) is 0 Å². The van der Waals surface area contributed by atoms with Gasteiger partial charge in [-0.05, 0) is 40.0 Å². The SMILES string of the molecule is CCNC(=NCC(C)(C)OC)NCCCn1nc2n(c1=O)CCCC2.I. The van der Waals surface area contributed by atoms with Crippen molar-refractivity contribution in [3.05, 3.63) is 16.3 Å². The van der Waals surface area contributed by atoms with E-state index >= 15 is 0 Å². The van der Waals surface area contributed by atoms with Gasteiger partial charge in [-0.1, -0.05) is 0 Å². The van der Waals surface area contributed by atoms with E-state index in [4.69, 9.17) is 4.74 Å². The average molecular weight is 480 g/mol. The van der Waals surface area contributed by atoms with Crippen LogP contribution in [-0.4, -0.2) is 52.7 Å². The van der Waals surface area contributed by atoms with Crippen LogP contribution in [0.25, 0.3) is 0 Å². The summed E-state index contributed by atoms with van der Waals surface area (Å²) in [5, 5.41) is 11.0. The molecule has 2 heterocycles. The molecule has 0 spiro atoms. The molecular formula is C17H33IN6O2. The number of halogens is 1. The number of nitrogens with zero attached hydrogens (tertiary/aromatic N) is 4. The molecule has 26 heavy (non-hydrogen) atoms. The minimum atomic E-state index is -0.287. The second-order valence-electron chi connectivity index (χ2n) is 6.97. The number of ether oxygens (including phenoxy) is 1. The Morgan fingerprint density at radius 1 is 1.35 bits per heavy atom. The van der Waals surface area contributed by atoms with Gasteiger partial charge < -0.3 is 15.4 Å². The standard InChI is InChI=1S/C17H32N6O2.HI/c1-5-18-15(20-13-17(2,3)25-4)19-10-8-12-23-16(24)22-11-7-6-9-14(22)21-23;/h5-13H2,1-4H3,(H2,18,19,20);1H. The van der Waals surface area contributed by atoms with Gasteiger partial charge in [0.1, 0.15) is 5.82 Å². The number of aromatic nitrogens is 3. The molecule has 0 fully saturated rings. The van der Waals surface area contributed by atoms with Crippen molar-refractivity contribution in [2.75, 3.05) is 26.7 Å². The van der Waals surface area contributed by atoms with Crippen molar-refractivity contribution >= 4 is 29.9 Å². The van der Waals surface area contributed by atoms with E-state index in [0.717, 1.165) is 57.1 Å². The monoisotopic (exact) mass is 480 g/mol. The highest BCUT2D eigenvalue weighted by atomic mass is 127. The van der Waals surface area contributed by atoms with Crippen LogP contribution in [0.5, 0.6) is 0 Å². The van der Waals surface area contributed by atoms with Gasteiger partial charge in [-0.15, -0.1) is 24.0 Å². The summed E-state index contributed by atoms with van der Waals surface area (Å²) in [6, 6.07) is 0. The Kier molecular flexibility index (Phi) is 9.62. The van der Waals surface area contributed by atoms with E-state index in [9.17, 15) is 4.79 Å². The Labute approximate surface area is 172 Å². The van der Waals surface area contributed by atoms with Crippen molar-refractivity contribution in [2.24, 2.45) is 4.99 Å². The number of guanidine groups is 1. The van der Waals surface area contributed by atoms with Gasteiger partial charge in [-0.3, -0.25) is 9.56 Å². The lowest BCUT2D eigenvalue weighted by Gasteiger charge is -2.21. The van der Waals surface area contributed by atoms with Crippen LogP contribution in [0.3, 0.4) is 0 Å².